The molecule has 3 nitrogen and oxygen atoms in total. The van der Waals surface area contributed by atoms with Crippen molar-refractivity contribution >= 4 is 12.0 Å². The van der Waals surface area contributed by atoms with Gasteiger partial charge in [-0.2, -0.15) is 0 Å². The number of hydrogen-bond donors (Lipinski definition) is 1. The van der Waals surface area contributed by atoms with E-state index in [1.54, 1.807) is 24.3 Å². The van der Waals surface area contributed by atoms with Gasteiger partial charge in [0.15, 0.2) is 0 Å². The fraction of sp³-hybridized carbons (Fsp3) is 0.118. The van der Waals surface area contributed by atoms with Crippen molar-refractivity contribution in [3.05, 3.63) is 71.3 Å². The zero-order valence-corrected chi connectivity index (χ0v) is 11.2. The molecule has 0 heterocycles. The molecule has 0 saturated heterocycles. The zero-order chi connectivity index (χ0) is 14.4. The predicted octanol–water partition coefficient (Wildman–Crippen LogP) is 3.46. The van der Waals surface area contributed by atoms with Crippen molar-refractivity contribution < 1.29 is 14.6 Å². The Kier molecular flexibility index (Phi) is 4.56. The normalized spacial score (nSPS) is 10.7. The van der Waals surface area contributed by atoms with Crippen LogP contribution in [0.2, 0.25) is 0 Å². The number of ether oxygens (including phenoxy) is 1. The second kappa shape index (κ2) is 6.57. The van der Waals surface area contributed by atoms with Crippen LogP contribution < -0.4 is 0 Å². The number of aryl methyl sites for hydroxylation is 1. The molecule has 0 spiro atoms. The Bertz CT molecular complexity index is 630. The number of para-hydroxylation sites is 1. The number of aromatic hydroxyl groups is 1. The molecule has 0 atom stereocenters. The summed E-state index contributed by atoms with van der Waals surface area (Å²) in [5.74, 6) is -0.301. The van der Waals surface area contributed by atoms with Gasteiger partial charge < -0.3 is 9.84 Å². The third-order valence-corrected chi connectivity index (χ3v) is 2.80. The van der Waals surface area contributed by atoms with E-state index < -0.39 is 5.97 Å². The number of phenols is 1. The van der Waals surface area contributed by atoms with Gasteiger partial charge >= 0.3 is 5.97 Å². The summed E-state index contributed by atoms with van der Waals surface area (Å²) in [4.78, 5) is 11.6. The van der Waals surface area contributed by atoms with Gasteiger partial charge in [-0.1, -0.05) is 48.0 Å². The van der Waals surface area contributed by atoms with Crippen molar-refractivity contribution in [3.8, 4) is 5.75 Å². The minimum absolute atomic E-state index is 0.134. The van der Waals surface area contributed by atoms with Crippen LogP contribution in [-0.2, 0) is 16.1 Å². The molecule has 0 radical (unpaired) electrons. The van der Waals surface area contributed by atoms with Gasteiger partial charge in [0.1, 0.15) is 12.4 Å². The molecule has 0 aliphatic rings. The highest BCUT2D eigenvalue weighted by molar-refractivity contribution is 5.87. The number of phenolic OH excluding ortho intramolecular Hbond substituents is 1. The van der Waals surface area contributed by atoms with Crippen LogP contribution in [0.5, 0.6) is 5.75 Å². The number of carbonyl (C=O) groups is 1. The summed E-state index contributed by atoms with van der Waals surface area (Å²) in [5.41, 5.74) is 2.66. The molecule has 0 fully saturated rings. The molecule has 0 unspecified atom stereocenters. The van der Waals surface area contributed by atoms with E-state index in [1.165, 1.54) is 12.2 Å². The van der Waals surface area contributed by atoms with E-state index >= 15 is 0 Å². The SMILES string of the molecule is Cc1cccc(COC(=O)C=Cc2ccccc2O)c1. The molecule has 1 N–H and O–H groups in total. The molecule has 3 heteroatoms. The molecule has 0 aromatic heterocycles. The Morgan fingerprint density at radius 3 is 2.75 bits per heavy atom. The molecule has 2 aromatic rings. The summed E-state index contributed by atoms with van der Waals surface area (Å²) >= 11 is 0. The van der Waals surface area contributed by atoms with Gasteiger partial charge in [0.25, 0.3) is 0 Å². The summed E-state index contributed by atoms with van der Waals surface area (Å²) in [6, 6.07) is 14.6. The maximum absolute atomic E-state index is 11.6. The molecule has 0 aliphatic heterocycles. The van der Waals surface area contributed by atoms with E-state index in [-0.39, 0.29) is 12.4 Å². The Morgan fingerprint density at radius 1 is 1.20 bits per heavy atom. The van der Waals surface area contributed by atoms with Crippen LogP contribution in [0.25, 0.3) is 6.08 Å². The molecular formula is C17H16O3. The van der Waals surface area contributed by atoms with Crippen LogP contribution in [0.4, 0.5) is 0 Å². The number of esters is 1. The first kappa shape index (κ1) is 13.9. The van der Waals surface area contributed by atoms with Gasteiger partial charge in [-0.25, -0.2) is 4.79 Å². The lowest BCUT2D eigenvalue weighted by Gasteiger charge is -2.03. The van der Waals surface area contributed by atoms with Crippen molar-refractivity contribution in [3.63, 3.8) is 0 Å². The maximum Gasteiger partial charge on any atom is 0.331 e. The minimum atomic E-state index is -0.435. The molecular weight excluding hydrogens is 252 g/mol. The first-order chi connectivity index (χ1) is 9.65. The van der Waals surface area contributed by atoms with Gasteiger partial charge in [0.05, 0.1) is 0 Å². The number of carbonyl (C=O) groups excluding carboxylic acids is 1. The minimum Gasteiger partial charge on any atom is -0.507 e. The van der Waals surface area contributed by atoms with Crippen LogP contribution in [0.1, 0.15) is 16.7 Å². The largest absolute Gasteiger partial charge is 0.507 e. The zero-order valence-electron chi connectivity index (χ0n) is 11.2. The third-order valence-electron chi connectivity index (χ3n) is 2.80. The van der Waals surface area contributed by atoms with E-state index in [2.05, 4.69) is 0 Å². The monoisotopic (exact) mass is 268 g/mol. The fourth-order valence-corrected chi connectivity index (χ4v) is 1.79. The van der Waals surface area contributed by atoms with Crippen LogP contribution in [0.3, 0.4) is 0 Å². The highest BCUT2D eigenvalue weighted by Crippen LogP contribution is 2.17. The van der Waals surface area contributed by atoms with Crippen LogP contribution in [0.15, 0.2) is 54.6 Å². The molecule has 20 heavy (non-hydrogen) atoms. The fourth-order valence-electron chi connectivity index (χ4n) is 1.79. The second-order valence-electron chi connectivity index (χ2n) is 4.49. The Labute approximate surface area is 118 Å². The Balaban J connectivity index is 1.91. The lowest BCUT2D eigenvalue weighted by molar-refractivity contribution is -0.138. The summed E-state index contributed by atoms with van der Waals surface area (Å²) in [5, 5.41) is 9.56. The molecule has 2 aromatic carbocycles. The van der Waals surface area contributed by atoms with Crippen molar-refractivity contribution in [1.82, 2.24) is 0 Å². The van der Waals surface area contributed by atoms with E-state index in [0.29, 0.717) is 5.56 Å². The average Bonchev–Trinajstić information content (AvgIpc) is 2.44. The van der Waals surface area contributed by atoms with Gasteiger partial charge in [0, 0.05) is 11.6 Å². The summed E-state index contributed by atoms with van der Waals surface area (Å²) in [7, 11) is 0. The second-order valence-corrected chi connectivity index (χ2v) is 4.49. The highest BCUT2D eigenvalue weighted by Gasteiger charge is 2.00. The summed E-state index contributed by atoms with van der Waals surface area (Å²) in [6.07, 6.45) is 2.85. The first-order valence-electron chi connectivity index (χ1n) is 6.33. The smallest absolute Gasteiger partial charge is 0.331 e. The number of rotatable bonds is 4. The van der Waals surface area contributed by atoms with E-state index in [0.717, 1.165) is 11.1 Å². The van der Waals surface area contributed by atoms with Gasteiger partial charge in [-0.15, -0.1) is 0 Å². The topological polar surface area (TPSA) is 46.5 Å². The summed E-state index contributed by atoms with van der Waals surface area (Å²) < 4.78 is 5.14. The summed E-state index contributed by atoms with van der Waals surface area (Å²) in [6.45, 7) is 2.23. The Hall–Kier alpha value is -2.55. The molecule has 2 rings (SSSR count). The maximum atomic E-state index is 11.6. The standard InChI is InChI=1S/C17H16O3/c1-13-5-4-6-14(11-13)12-20-17(19)10-9-15-7-2-3-8-16(15)18/h2-11,18H,12H2,1H3. The lowest BCUT2D eigenvalue weighted by Crippen LogP contribution is -2.00. The Morgan fingerprint density at radius 2 is 2.00 bits per heavy atom. The number of hydrogen-bond acceptors (Lipinski definition) is 3. The van der Waals surface area contributed by atoms with E-state index in [4.69, 9.17) is 4.74 Å². The quantitative estimate of drug-likeness (QED) is 0.682. The van der Waals surface area contributed by atoms with Crippen LogP contribution in [0, 0.1) is 6.92 Å². The van der Waals surface area contributed by atoms with Gasteiger partial charge in [0.2, 0.25) is 0 Å². The number of benzene rings is 2. The third kappa shape index (κ3) is 3.99. The van der Waals surface area contributed by atoms with Crippen LogP contribution in [-0.4, -0.2) is 11.1 Å². The molecule has 0 saturated carbocycles. The van der Waals surface area contributed by atoms with Crippen LogP contribution >= 0.6 is 0 Å². The van der Waals surface area contributed by atoms with Crippen molar-refractivity contribution in [2.45, 2.75) is 13.5 Å². The molecule has 0 bridgehead atoms. The van der Waals surface area contributed by atoms with Crippen molar-refractivity contribution in [1.29, 1.82) is 0 Å². The molecule has 0 amide bonds. The highest BCUT2D eigenvalue weighted by atomic mass is 16.5. The average molecular weight is 268 g/mol. The molecule has 102 valence electrons. The predicted molar refractivity (Wildman–Crippen MR) is 78.1 cm³/mol. The van der Waals surface area contributed by atoms with Crippen molar-refractivity contribution in [2.24, 2.45) is 0 Å². The van der Waals surface area contributed by atoms with E-state index in [9.17, 15) is 9.90 Å². The van der Waals surface area contributed by atoms with Gasteiger partial charge in [-0.3, -0.25) is 0 Å². The van der Waals surface area contributed by atoms with Crippen molar-refractivity contribution in [2.75, 3.05) is 0 Å². The lowest BCUT2D eigenvalue weighted by atomic mass is 10.1. The van der Waals surface area contributed by atoms with E-state index in [1.807, 2.05) is 31.2 Å². The molecule has 0 aliphatic carbocycles. The van der Waals surface area contributed by atoms with Gasteiger partial charge in [-0.05, 0) is 24.6 Å². The first-order valence-corrected chi connectivity index (χ1v) is 6.33.